The van der Waals surface area contributed by atoms with Crippen LogP contribution >= 0.6 is 0 Å². The Bertz CT molecular complexity index is 1090. The third kappa shape index (κ3) is 7.07. The average molecular weight is 527 g/mol. The lowest BCUT2D eigenvalue weighted by atomic mass is 10.0. The van der Waals surface area contributed by atoms with Crippen molar-refractivity contribution in [1.82, 2.24) is 9.80 Å². The van der Waals surface area contributed by atoms with Gasteiger partial charge in [-0.05, 0) is 37.3 Å². The number of aliphatic hydroxyl groups is 1. The second-order valence-electron chi connectivity index (χ2n) is 9.48. The molecule has 5 N–H and O–H groups in total. The van der Waals surface area contributed by atoms with Crippen molar-refractivity contribution in [3.05, 3.63) is 47.3 Å². The molecule has 2 amide bonds. The molecule has 3 aliphatic rings. The number of rotatable bonds is 7. The van der Waals surface area contributed by atoms with E-state index in [1.807, 2.05) is 0 Å². The first-order valence-electron chi connectivity index (χ1n) is 11.6. The summed E-state index contributed by atoms with van der Waals surface area (Å²) in [4.78, 5) is 47.6. The summed E-state index contributed by atoms with van der Waals surface area (Å²) in [6.45, 7) is 1.49. The zero-order chi connectivity index (χ0) is 27.5. The Balaban J connectivity index is 0.000000414. The van der Waals surface area contributed by atoms with Crippen LogP contribution < -0.4 is 5.73 Å². The first-order chi connectivity index (χ1) is 17.3. The highest BCUT2D eigenvalue weighted by Gasteiger charge is 2.54. The standard InChI is InChI=1S/C20H24F3N3O3.C4H4O4/c21-14-8-16(23)15(22)6-12(14)5-13(24)7-18(27)26-4-1-11-9-25(10-17(11)26)19(28)20(29)2-3-20;5-3(6)1-2-4(7)8/h6,8,11,13,17,29H,1-5,7,9-10,24H2;1-2H,(H,5,6)(H,7,8)/b;2-1+/t11-,13+,17+;/m0./s1. The second kappa shape index (κ2) is 11.3. The van der Waals surface area contributed by atoms with Crippen molar-refractivity contribution in [2.45, 2.75) is 49.8 Å². The van der Waals surface area contributed by atoms with Gasteiger partial charge >= 0.3 is 11.9 Å². The summed E-state index contributed by atoms with van der Waals surface area (Å²) >= 11 is 0. The highest BCUT2D eigenvalue weighted by atomic mass is 19.2. The predicted octanol–water partition coefficient (Wildman–Crippen LogP) is 0.660. The molecule has 1 aromatic carbocycles. The zero-order valence-electron chi connectivity index (χ0n) is 19.8. The number of nitrogens with two attached hydrogens (primary N) is 1. The molecule has 10 nitrogen and oxygen atoms in total. The van der Waals surface area contributed by atoms with Crippen LogP contribution in [0.3, 0.4) is 0 Å². The molecule has 0 radical (unpaired) electrons. The molecule has 0 spiro atoms. The van der Waals surface area contributed by atoms with Crippen LogP contribution in [-0.4, -0.2) is 86.2 Å². The summed E-state index contributed by atoms with van der Waals surface area (Å²) in [5.41, 5.74) is 4.69. The summed E-state index contributed by atoms with van der Waals surface area (Å²) < 4.78 is 40.2. The molecule has 2 aliphatic heterocycles. The normalized spacial score (nSPS) is 22.3. The van der Waals surface area contributed by atoms with E-state index in [4.69, 9.17) is 15.9 Å². The van der Waals surface area contributed by atoms with Crippen molar-refractivity contribution >= 4 is 23.8 Å². The van der Waals surface area contributed by atoms with Gasteiger partial charge in [-0.15, -0.1) is 0 Å². The molecule has 3 atom stereocenters. The molecular weight excluding hydrogens is 499 g/mol. The van der Waals surface area contributed by atoms with Crippen LogP contribution in [0.4, 0.5) is 13.2 Å². The lowest BCUT2D eigenvalue weighted by Gasteiger charge is -2.27. The van der Waals surface area contributed by atoms with Gasteiger partial charge in [0.2, 0.25) is 5.91 Å². The largest absolute Gasteiger partial charge is 0.478 e. The molecule has 37 heavy (non-hydrogen) atoms. The molecule has 1 aliphatic carbocycles. The van der Waals surface area contributed by atoms with E-state index in [0.717, 1.165) is 12.5 Å². The maximum atomic E-state index is 13.8. The lowest BCUT2D eigenvalue weighted by molar-refractivity contribution is -0.142. The van der Waals surface area contributed by atoms with Crippen molar-refractivity contribution in [3.8, 4) is 0 Å². The summed E-state index contributed by atoms with van der Waals surface area (Å²) in [6, 6.07) is 0.389. The van der Waals surface area contributed by atoms with Crippen molar-refractivity contribution < 1.29 is 47.7 Å². The molecule has 2 heterocycles. The number of carboxylic acids is 2. The van der Waals surface area contributed by atoms with Gasteiger partial charge in [-0.2, -0.15) is 0 Å². The third-order valence-corrected chi connectivity index (χ3v) is 6.65. The SMILES string of the molecule is N[C@@H](CC(=O)N1CC[C@H]2CN(C(=O)C3(O)CC3)C[C@H]21)Cc1cc(F)c(F)cc1F.O=C(O)/C=C/C(=O)O. The number of halogens is 3. The molecule has 1 aromatic rings. The number of carbonyl (C=O) groups is 4. The molecular formula is C24H28F3N3O7. The Labute approximate surface area is 210 Å². The number of carbonyl (C=O) groups excluding carboxylic acids is 2. The number of likely N-dealkylation sites (tertiary alicyclic amines) is 2. The van der Waals surface area contributed by atoms with Crippen molar-refractivity contribution in [3.63, 3.8) is 0 Å². The van der Waals surface area contributed by atoms with Crippen LogP contribution in [0.5, 0.6) is 0 Å². The van der Waals surface area contributed by atoms with E-state index < -0.39 is 41.0 Å². The summed E-state index contributed by atoms with van der Waals surface area (Å²) in [6.07, 6.45) is 2.70. The smallest absolute Gasteiger partial charge is 0.328 e. The number of carboxylic acid groups (broad SMARTS) is 2. The van der Waals surface area contributed by atoms with Gasteiger partial charge in [-0.25, -0.2) is 22.8 Å². The molecule has 0 unspecified atom stereocenters. The topological polar surface area (TPSA) is 161 Å². The highest BCUT2D eigenvalue weighted by Crippen LogP contribution is 2.40. The average Bonchev–Trinajstić information content (AvgIpc) is 3.24. The van der Waals surface area contributed by atoms with E-state index >= 15 is 0 Å². The van der Waals surface area contributed by atoms with Crippen LogP contribution in [0, 0.1) is 23.4 Å². The van der Waals surface area contributed by atoms with E-state index in [2.05, 4.69) is 0 Å². The van der Waals surface area contributed by atoms with E-state index in [1.54, 1.807) is 9.80 Å². The Morgan fingerprint density at radius 3 is 2.19 bits per heavy atom. The van der Waals surface area contributed by atoms with E-state index in [-0.39, 0.29) is 42.2 Å². The van der Waals surface area contributed by atoms with Gasteiger partial charge in [-0.1, -0.05) is 0 Å². The van der Waals surface area contributed by atoms with Gasteiger partial charge < -0.3 is 30.9 Å². The Morgan fingerprint density at radius 1 is 1.03 bits per heavy atom. The molecule has 1 saturated carbocycles. The van der Waals surface area contributed by atoms with E-state index in [0.29, 0.717) is 50.7 Å². The van der Waals surface area contributed by atoms with Gasteiger partial charge in [0.1, 0.15) is 11.4 Å². The minimum atomic E-state index is -1.27. The zero-order valence-corrected chi connectivity index (χ0v) is 19.8. The summed E-state index contributed by atoms with van der Waals surface area (Å²) in [5, 5.41) is 25.7. The minimum Gasteiger partial charge on any atom is -0.478 e. The number of fused-ring (bicyclic) bond motifs is 1. The maximum Gasteiger partial charge on any atom is 0.328 e. The maximum absolute atomic E-state index is 13.8. The third-order valence-electron chi connectivity index (χ3n) is 6.65. The molecule has 4 rings (SSSR count). The number of hydrogen-bond donors (Lipinski definition) is 4. The van der Waals surface area contributed by atoms with Gasteiger partial charge in [-0.3, -0.25) is 9.59 Å². The number of nitrogens with zero attached hydrogens (tertiary/aromatic N) is 2. The predicted molar refractivity (Wildman–Crippen MR) is 121 cm³/mol. The molecule has 0 bridgehead atoms. The van der Waals surface area contributed by atoms with Crippen molar-refractivity contribution in [2.24, 2.45) is 11.7 Å². The number of benzene rings is 1. The molecule has 13 heteroatoms. The van der Waals surface area contributed by atoms with Crippen LogP contribution in [-0.2, 0) is 25.6 Å². The van der Waals surface area contributed by atoms with Gasteiger partial charge in [0.05, 0.1) is 6.04 Å². The molecule has 202 valence electrons. The Morgan fingerprint density at radius 2 is 1.62 bits per heavy atom. The fraction of sp³-hybridized carbons (Fsp3) is 0.500. The van der Waals surface area contributed by atoms with E-state index in [1.165, 1.54) is 0 Å². The summed E-state index contributed by atoms with van der Waals surface area (Å²) in [5.74, 6) is -6.12. The highest BCUT2D eigenvalue weighted by molar-refractivity contribution is 5.89. The number of aliphatic carboxylic acids is 2. The van der Waals surface area contributed by atoms with Crippen molar-refractivity contribution in [1.29, 1.82) is 0 Å². The van der Waals surface area contributed by atoms with Crippen LogP contribution in [0.1, 0.15) is 31.2 Å². The fourth-order valence-electron chi connectivity index (χ4n) is 4.62. The minimum absolute atomic E-state index is 0.0560. The molecule has 0 aromatic heterocycles. The lowest BCUT2D eigenvalue weighted by Crippen LogP contribution is -2.45. The summed E-state index contributed by atoms with van der Waals surface area (Å²) in [7, 11) is 0. The van der Waals surface area contributed by atoms with Gasteiger partial charge in [0.25, 0.3) is 5.91 Å². The van der Waals surface area contributed by atoms with Gasteiger partial charge in [0, 0.05) is 56.2 Å². The molecule has 3 fully saturated rings. The Kier molecular flexibility index (Phi) is 8.59. The first kappa shape index (κ1) is 28.1. The number of amides is 2. The van der Waals surface area contributed by atoms with Crippen LogP contribution in [0.15, 0.2) is 24.3 Å². The first-order valence-corrected chi connectivity index (χ1v) is 11.6. The van der Waals surface area contributed by atoms with E-state index in [9.17, 15) is 37.5 Å². The van der Waals surface area contributed by atoms with Crippen LogP contribution in [0.2, 0.25) is 0 Å². The van der Waals surface area contributed by atoms with Crippen molar-refractivity contribution in [2.75, 3.05) is 19.6 Å². The fourth-order valence-corrected chi connectivity index (χ4v) is 4.62. The van der Waals surface area contributed by atoms with Gasteiger partial charge in [0.15, 0.2) is 11.6 Å². The number of hydrogen-bond acceptors (Lipinski definition) is 6. The Hall–Kier alpha value is -3.45. The second-order valence-corrected chi connectivity index (χ2v) is 9.48. The monoisotopic (exact) mass is 527 g/mol. The quantitative estimate of drug-likeness (QED) is 0.297. The van der Waals surface area contributed by atoms with Crippen LogP contribution in [0.25, 0.3) is 0 Å². The molecule has 2 saturated heterocycles.